The summed E-state index contributed by atoms with van der Waals surface area (Å²) in [4.78, 5) is 64.7. The smallest absolute Gasteiger partial charge is 0.302 e. The second-order valence-electron chi connectivity index (χ2n) is 10.6. The van der Waals surface area contributed by atoms with Gasteiger partial charge in [-0.15, -0.1) is 0 Å². The molecule has 8 heteroatoms. The topological polar surface area (TPSA) is 103 Å². The number of nitrogens with zero attached hydrogens (tertiary/aromatic N) is 2. The number of carbonyl (C=O) groups excluding carboxylic acids is 5. The average molecular weight is 517 g/mol. The molecule has 0 aliphatic carbocycles. The van der Waals surface area contributed by atoms with Crippen molar-refractivity contribution in [3.05, 3.63) is 71.4 Å². The highest BCUT2D eigenvalue weighted by Gasteiger charge is 2.39. The summed E-state index contributed by atoms with van der Waals surface area (Å²) < 4.78 is 6.60. The largest absolute Gasteiger partial charge is 0.466 e. The fourth-order valence-electron chi connectivity index (χ4n) is 4.76. The molecule has 1 aromatic heterocycles. The van der Waals surface area contributed by atoms with Gasteiger partial charge in [0.25, 0.3) is 11.8 Å². The van der Waals surface area contributed by atoms with E-state index in [4.69, 9.17) is 4.74 Å². The van der Waals surface area contributed by atoms with Gasteiger partial charge in [0.15, 0.2) is 5.78 Å². The zero-order chi connectivity index (χ0) is 27.6. The van der Waals surface area contributed by atoms with E-state index in [1.807, 2.05) is 32.9 Å². The molecule has 3 aromatic rings. The molecule has 4 rings (SSSR count). The fourth-order valence-corrected chi connectivity index (χ4v) is 4.76. The Hall–Kier alpha value is -4.07. The zero-order valence-corrected chi connectivity index (χ0v) is 22.2. The van der Waals surface area contributed by atoms with Crippen LogP contribution < -0.4 is 0 Å². The van der Waals surface area contributed by atoms with Crippen molar-refractivity contribution in [3.8, 4) is 0 Å². The number of ketones is 1. The van der Waals surface area contributed by atoms with Crippen LogP contribution in [0.2, 0.25) is 0 Å². The predicted molar refractivity (Wildman–Crippen MR) is 142 cm³/mol. The summed E-state index contributed by atoms with van der Waals surface area (Å²) in [5, 5.41) is 0.855. The van der Waals surface area contributed by atoms with Gasteiger partial charge in [-0.05, 0) is 43.5 Å². The summed E-state index contributed by atoms with van der Waals surface area (Å²) in [6, 6.07) is 13.3. The number of amides is 2. The van der Waals surface area contributed by atoms with E-state index < -0.39 is 17.4 Å². The van der Waals surface area contributed by atoms with Gasteiger partial charge in [-0.1, -0.05) is 45.0 Å². The van der Waals surface area contributed by atoms with E-state index in [-0.39, 0.29) is 43.0 Å². The van der Waals surface area contributed by atoms with Crippen molar-refractivity contribution in [2.45, 2.75) is 59.4 Å². The van der Waals surface area contributed by atoms with Crippen LogP contribution in [0.5, 0.6) is 0 Å². The maximum absolute atomic E-state index is 13.3. The van der Waals surface area contributed by atoms with Crippen molar-refractivity contribution in [1.29, 1.82) is 0 Å². The molecular formula is C30H32N2O6. The third-order valence-electron chi connectivity index (χ3n) is 6.76. The number of hydrogen-bond donors (Lipinski definition) is 0. The molecule has 8 nitrogen and oxygen atoms in total. The van der Waals surface area contributed by atoms with Crippen molar-refractivity contribution in [3.63, 3.8) is 0 Å². The molecule has 2 heterocycles. The van der Waals surface area contributed by atoms with Crippen LogP contribution in [0.1, 0.15) is 89.2 Å². The third kappa shape index (κ3) is 5.44. The Kier molecular flexibility index (Phi) is 7.62. The van der Waals surface area contributed by atoms with E-state index in [9.17, 15) is 24.0 Å². The Morgan fingerprint density at radius 1 is 0.921 bits per heavy atom. The number of Topliss-reactive ketones (excluding diaryl/α,β-unsaturated/α-hetero) is 1. The standard InChI is InChI=1S/C30H32N2O6/c1-19(33)38-17-7-8-22(32-27(35)23-9-5-6-10-24(23)28(32)36)13-14-26(34)21-12-11-20-15-16-31(25(20)18-21)29(37)30(2,3)4/h5-6,9-12,15-16,18,22H,7-8,13-14,17H2,1-4H3. The Balaban J connectivity index is 1.53. The zero-order valence-electron chi connectivity index (χ0n) is 22.2. The highest BCUT2D eigenvalue weighted by atomic mass is 16.5. The van der Waals surface area contributed by atoms with Crippen LogP contribution >= 0.6 is 0 Å². The van der Waals surface area contributed by atoms with Crippen LogP contribution in [0.4, 0.5) is 0 Å². The first-order valence-electron chi connectivity index (χ1n) is 12.8. The van der Waals surface area contributed by atoms with Gasteiger partial charge in [-0.3, -0.25) is 33.4 Å². The SMILES string of the molecule is CC(=O)OCCCC(CCC(=O)c1ccc2ccn(C(=O)C(C)(C)C)c2c1)N1C(=O)c2ccccc2C1=O. The van der Waals surface area contributed by atoms with Crippen molar-refractivity contribution < 1.29 is 28.7 Å². The number of carbonyl (C=O) groups is 5. The number of aromatic nitrogens is 1. The summed E-state index contributed by atoms with van der Waals surface area (Å²) in [6.45, 7) is 7.02. The van der Waals surface area contributed by atoms with Gasteiger partial charge in [-0.25, -0.2) is 0 Å². The Bertz CT molecular complexity index is 1390. The lowest BCUT2D eigenvalue weighted by molar-refractivity contribution is -0.141. The summed E-state index contributed by atoms with van der Waals surface area (Å²) in [6.07, 6.45) is 2.93. The minimum Gasteiger partial charge on any atom is -0.466 e. The van der Waals surface area contributed by atoms with Crippen LogP contribution in [0.25, 0.3) is 10.9 Å². The Labute approximate surface area is 221 Å². The highest BCUT2D eigenvalue weighted by Crippen LogP contribution is 2.29. The number of ether oxygens (including phenoxy) is 1. The molecule has 2 aromatic carbocycles. The first kappa shape index (κ1) is 27.0. The molecule has 198 valence electrons. The molecule has 0 spiro atoms. The molecule has 1 unspecified atom stereocenters. The Morgan fingerprint density at radius 3 is 2.18 bits per heavy atom. The monoisotopic (exact) mass is 516 g/mol. The van der Waals surface area contributed by atoms with Gasteiger partial charge in [-0.2, -0.15) is 0 Å². The summed E-state index contributed by atoms with van der Waals surface area (Å²) in [7, 11) is 0. The van der Waals surface area contributed by atoms with Crippen LogP contribution in [-0.2, 0) is 9.53 Å². The number of imide groups is 1. The van der Waals surface area contributed by atoms with E-state index in [1.54, 1.807) is 47.2 Å². The lowest BCUT2D eigenvalue weighted by atomic mass is 9.95. The molecule has 0 saturated carbocycles. The first-order chi connectivity index (χ1) is 18.0. The third-order valence-corrected chi connectivity index (χ3v) is 6.76. The number of esters is 1. The summed E-state index contributed by atoms with van der Waals surface area (Å²) in [5.74, 6) is -1.38. The number of fused-ring (bicyclic) bond motifs is 2. The lowest BCUT2D eigenvalue weighted by Crippen LogP contribution is -2.40. The quantitative estimate of drug-likeness (QED) is 0.166. The van der Waals surface area contributed by atoms with E-state index >= 15 is 0 Å². The van der Waals surface area contributed by atoms with Crippen LogP contribution in [-0.4, -0.2) is 51.6 Å². The number of hydrogen-bond acceptors (Lipinski definition) is 6. The fraction of sp³-hybridized carbons (Fsp3) is 0.367. The average Bonchev–Trinajstić information content (AvgIpc) is 3.41. The van der Waals surface area contributed by atoms with Gasteiger partial charge in [0.2, 0.25) is 5.91 Å². The van der Waals surface area contributed by atoms with E-state index in [0.717, 1.165) is 5.39 Å². The van der Waals surface area contributed by atoms with Crippen LogP contribution in [0.15, 0.2) is 54.7 Å². The normalized spacial score (nSPS) is 14.1. The maximum atomic E-state index is 13.3. The van der Waals surface area contributed by atoms with Gasteiger partial charge in [0.1, 0.15) is 0 Å². The van der Waals surface area contributed by atoms with Crippen molar-refractivity contribution >= 4 is 40.4 Å². The van der Waals surface area contributed by atoms with E-state index in [2.05, 4.69) is 0 Å². The number of rotatable bonds is 9. The highest BCUT2D eigenvalue weighted by molar-refractivity contribution is 6.21. The molecule has 0 radical (unpaired) electrons. The molecule has 1 aliphatic heterocycles. The molecule has 1 atom stereocenters. The first-order valence-corrected chi connectivity index (χ1v) is 12.8. The molecule has 0 fully saturated rings. The van der Waals surface area contributed by atoms with Crippen LogP contribution in [0, 0.1) is 5.41 Å². The molecule has 0 N–H and O–H groups in total. The van der Waals surface area contributed by atoms with Crippen molar-refractivity contribution in [2.24, 2.45) is 5.41 Å². The Morgan fingerprint density at radius 2 is 1.58 bits per heavy atom. The molecule has 1 aliphatic rings. The molecule has 0 saturated heterocycles. The van der Waals surface area contributed by atoms with Crippen LogP contribution in [0.3, 0.4) is 0 Å². The summed E-state index contributed by atoms with van der Waals surface area (Å²) >= 11 is 0. The van der Waals surface area contributed by atoms with Gasteiger partial charge in [0, 0.05) is 41.9 Å². The van der Waals surface area contributed by atoms with Crippen molar-refractivity contribution in [1.82, 2.24) is 9.47 Å². The second-order valence-corrected chi connectivity index (χ2v) is 10.6. The number of benzene rings is 2. The molecule has 2 amide bonds. The molecule has 0 bridgehead atoms. The minimum absolute atomic E-state index is 0.0735. The van der Waals surface area contributed by atoms with Crippen molar-refractivity contribution in [2.75, 3.05) is 6.61 Å². The molecule has 38 heavy (non-hydrogen) atoms. The molecular weight excluding hydrogens is 484 g/mol. The van der Waals surface area contributed by atoms with E-state index in [1.165, 1.54) is 11.8 Å². The van der Waals surface area contributed by atoms with E-state index in [0.29, 0.717) is 35.0 Å². The minimum atomic E-state index is -0.586. The maximum Gasteiger partial charge on any atom is 0.302 e. The van der Waals surface area contributed by atoms with Gasteiger partial charge in [0.05, 0.1) is 23.3 Å². The van der Waals surface area contributed by atoms with Gasteiger partial charge < -0.3 is 4.74 Å². The summed E-state index contributed by atoms with van der Waals surface area (Å²) in [5.41, 5.74) is 1.24. The predicted octanol–water partition coefficient (Wildman–Crippen LogP) is 5.30. The lowest BCUT2D eigenvalue weighted by Gasteiger charge is -2.26. The van der Waals surface area contributed by atoms with Gasteiger partial charge >= 0.3 is 5.97 Å². The second kappa shape index (κ2) is 10.7.